The lowest BCUT2D eigenvalue weighted by molar-refractivity contribution is -0.112. The maximum atomic E-state index is 12.2. The fourth-order valence-corrected chi connectivity index (χ4v) is 2.60. The molecule has 0 aliphatic carbocycles. The fraction of sp³-hybridized carbons (Fsp3) is 0.375. The Labute approximate surface area is 142 Å². The Kier molecular flexibility index (Phi) is 7.42. The number of benzene rings is 1. The maximum absolute atomic E-state index is 12.2. The molecule has 0 aromatic heterocycles. The van der Waals surface area contributed by atoms with Crippen LogP contribution in [0.2, 0.25) is 0 Å². The van der Waals surface area contributed by atoms with Gasteiger partial charge >= 0.3 is 0 Å². The molecule has 7 nitrogen and oxygen atoms in total. The van der Waals surface area contributed by atoms with Gasteiger partial charge in [-0.3, -0.25) is 9.35 Å². The van der Waals surface area contributed by atoms with Crippen molar-refractivity contribution in [2.45, 2.75) is 31.6 Å². The van der Waals surface area contributed by atoms with Crippen molar-refractivity contribution in [3.8, 4) is 6.07 Å². The second-order valence-corrected chi connectivity index (χ2v) is 6.57. The smallest absolute Gasteiger partial charge is 0.294 e. The number of anilines is 1. The molecule has 1 rings (SSSR count). The third-order valence-corrected chi connectivity index (χ3v) is 3.94. The fourth-order valence-electron chi connectivity index (χ4n) is 2.07. The van der Waals surface area contributed by atoms with Crippen LogP contribution in [0.5, 0.6) is 0 Å². The summed E-state index contributed by atoms with van der Waals surface area (Å²) in [6, 6.07) is 7.04. The monoisotopic (exact) mass is 351 g/mol. The van der Waals surface area contributed by atoms with E-state index in [1.165, 1.54) is 24.4 Å². The number of carbonyl (C=O) groups is 1. The molecular weight excluding hydrogens is 330 g/mol. The minimum Gasteiger partial charge on any atom is -0.376 e. The van der Waals surface area contributed by atoms with Gasteiger partial charge in [0.25, 0.3) is 16.0 Å². The van der Waals surface area contributed by atoms with Gasteiger partial charge in [-0.15, -0.1) is 0 Å². The van der Waals surface area contributed by atoms with Gasteiger partial charge in [0.1, 0.15) is 11.6 Å². The van der Waals surface area contributed by atoms with Crippen molar-refractivity contribution in [2.75, 3.05) is 18.4 Å². The number of nitrogens with zero attached hydrogens (tertiary/aromatic N) is 2. The molecule has 1 aromatic rings. The van der Waals surface area contributed by atoms with E-state index in [0.717, 1.165) is 32.0 Å². The van der Waals surface area contributed by atoms with Crippen LogP contribution in [0.15, 0.2) is 40.9 Å². The average Bonchev–Trinajstić information content (AvgIpc) is 2.52. The second kappa shape index (κ2) is 9.05. The maximum Gasteiger partial charge on any atom is 0.294 e. The predicted octanol–water partition coefficient (Wildman–Crippen LogP) is 2.40. The summed E-state index contributed by atoms with van der Waals surface area (Å²) in [5.74, 6) is -0.637. The molecule has 2 N–H and O–H groups in total. The molecule has 0 spiro atoms. The average molecular weight is 351 g/mol. The first kappa shape index (κ1) is 19.7. The van der Waals surface area contributed by atoms with Crippen molar-refractivity contribution in [3.05, 3.63) is 36.0 Å². The zero-order chi connectivity index (χ0) is 18.2. The first-order chi connectivity index (χ1) is 11.3. The van der Waals surface area contributed by atoms with E-state index in [4.69, 9.17) is 4.55 Å². The third-order valence-electron chi connectivity index (χ3n) is 3.09. The molecule has 0 aliphatic rings. The topological polar surface area (TPSA) is 111 Å². The van der Waals surface area contributed by atoms with E-state index >= 15 is 0 Å². The number of nitrogens with one attached hydrogen (secondary N) is 1. The van der Waals surface area contributed by atoms with E-state index in [1.54, 1.807) is 0 Å². The highest BCUT2D eigenvalue weighted by Crippen LogP contribution is 2.16. The van der Waals surface area contributed by atoms with Crippen molar-refractivity contribution in [1.29, 1.82) is 5.26 Å². The van der Waals surface area contributed by atoms with Gasteiger partial charge in [0.15, 0.2) is 0 Å². The van der Waals surface area contributed by atoms with Crippen LogP contribution < -0.4 is 5.32 Å². The molecule has 130 valence electrons. The molecule has 0 atom stereocenters. The SMILES string of the molecule is CCCN(/C=C(/C#N)C(=O)Nc1cccc(S(=O)(=O)O)c1)CCC. The van der Waals surface area contributed by atoms with E-state index in [-0.39, 0.29) is 16.2 Å². The van der Waals surface area contributed by atoms with Crippen molar-refractivity contribution in [1.82, 2.24) is 4.90 Å². The highest BCUT2D eigenvalue weighted by Gasteiger charge is 2.14. The Morgan fingerprint density at radius 1 is 1.33 bits per heavy atom. The van der Waals surface area contributed by atoms with Gasteiger partial charge in [-0.25, -0.2) is 0 Å². The molecule has 1 aromatic carbocycles. The molecule has 0 saturated heterocycles. The van der Waals surface area contributed by atoms with Crippen LogP contribution in [-0.2, 0) is 14.9 Å². The van der Waals surface area contributed by atoms with E-state index in [2.05, 4.69) is 5.32 Å². The standard InChI is InChI=1S/C16H21N3O4S/c1-3-8-19(9-4-2)12-13(11-17)16(20)18-14-6-5-7-15(10-14)24(21,22)23/h5-7,10,12H,3-4,8-9H2,1-2H3,(H,18,20)(H,21,22,23)/b13-12-. The number of hydrogen-bond acceptors (Lipinski definition) is 5. The number of rotatable bonds is 8. The summed E-state index contributed by atoms with van der Waals surface area (Å²) < 4.78 is 31.3. The molecular formula is C16H21N3O4S. The lowest BCUT2D eigenvalue weighted by Gasteiger charge is -2.19. The van der Waals surface area contributed by atoms with E-state index < -0.39 is 16.0 Å². The van der Waals surface area contributed by atoms with Crippen LogP contribution in [0, 0.1) is 11.3 Å². The van der Waals surface area contributed by atoms with Crippen LogP contribution in [0.25, 0.3) is 0 Å². The minimum absolute atomic E-state index is 0.0749. The van der Waals surface area contributed by atoms with Gasteiger partial charge in [-0.05, 0) is 31.0 Å². The Morgan fingerprint density at radius 3 is 2.46 bits per heavy atom. The summed E-state index contributed by atoms with van der Waals surface area (Å²) in [7, 11) is -4.36. The van der Waals surface area contributed by atoms with Gasteiger partial charge in [0.05, 0.1) is 4.90 Å². The van der Waals surface area contributed by atoms with Crippen molar-refractivity contribution in [2.24, 2.45) is 0 Å². The van der Waals surface area contributed by atoms with Gasteiger partial charge < -0.3 is 10.2 Å². The molecule has 1 amide bonds. The van der Waals surface area contributed by atoms with Crippen molar-refractivity contribution >= 4 is 21.7 Å². The Morgan fingerprint density at radius 2 is 1.96 bits per heavy atom. The normalized spacial score (nSPS) is 11.7. The van der Waals surface area contributed by atoms with Gasteiger partial charge in [-0.2, -0.15) is 13.7 Å². The summed E-state index contributed by atoms with van der Waals surface area (Å²) in [6.45, 7) is 5.46. The van der Waals surface area contributed by atoms with E-state index in [1.807, 2.05) is 24.8 Å². The van der Waals surface area contributed by atoms with Crippen molar-refractivity contribution < 1.29 is 17.8 Å². The lowest BCUT2D eigenvalue weighted by atomic mass is 10.2. The summed E-state index contributed by atoms with van der Waals surface area (Å²) in [5, 5.41) is 11.7. The lowest BCUT2D eigenvalue weighted by Crippen LogP contribution is -2.22. The molecule has 0 saturated carbocycles. The molecule has 0 bridgehead atoms. The van der Waals surface area contributed by atoms with Crippen LogP contribution >= 0.6 is 0 Å². The van der Waals surface area contributed by atoms with Gasteiger partial charge in [0.2, 0.25) is 0 Å². The number of carbonyl (C=O) groups excluding carboxylic acids is 1. The predicted molar refractivity (Wildman–Crippen MR) is 90.7 cm³/mol. The van der Waals surface area contributed by atoms with Crippen molar-refractivity contribution in [3.63, 3.8) is 0 Å². The van der Waals surface area contributed by atoms with Crippen LogP contribution in [0.1, 0.15) is 26.7 Å². The van der Waals surface area contributed by atoms with Gasteiger partial charge in [-0.1, -0.05) is 19.9 Å². The first-order valence-electron chi connectivity index (χ1n) is 7.56. The summed E-state index contributed by atoms with van der Waals surface area (Å²) in [5.41, 5.74) is 0.1000. The van der Waals surface area contributed by atoms with Gasteiger partial charge in [0, 0.05) is 25.0 Å². The number of nitriles is 1. The Hall–Kier alpha value is -2.37. The summed E-state index contributed by atoms with van der Waals surface area (Å²) >= 11 is 0. The largest absolute Gasteiger partial charge is 0.376 e. The number of amides is 1. The molecule has 0 fully saturated rings. The zero-order valence-electron chi connectivity index (χ0n) is 13.7. The summed E-state index contributed by atoms with van der Waals surface area (Å²) in [6.07, 6.45) is 3.27. The van der Waals surface area contributed by atoms with Crippen LogP contribution in [0.4, 0.5) is 5.69 Å². The first-order valence-corrected chi connectivity index (χ1v) is 9.00. The molecule has 0 radical (unpaired) electrons. The Balaban J connectivity index is 2.98. The molecule has 0 aliphatic heterocycles. The quantitative estimate of drug-likeness (QED) is 0.423. The Bertz CT molecular complexity index is 745. The minimum atomic E-state index is -4.36. The highest BCUT2D eigenvalue weighted by molar-refractivity contribution is 7.85. The molecule has 0 heterocycles. The zero-order valence-corrected chi connectivity index (χ0v) is 14.5. The van der Waals surface area contributed by atoms with Crippen LogP contribution in [-0.4, -0.2) is 36.9 Å². The third kappa shape index (κ3) is 6.02. The van der Waals surface area contributed by atoms with E-state index in [9.17, 15) is 18.5 Å². The number of hydrogen-bond donors (Lipinski definition) is 2. The summed E-state index contributed by atoms with van der Waals surface area (Å²) in [4.78, 5) is 13.8. The van der Waals surface area contributed by atoms with Crippen LogP contribution in [0.3, 0.4) is 0 Å². The molecule has 24 heavy (non-hydrogen) atoms. The molecule has 0 unspecified atom stereocenters. The second-order valence-electron chi connectivity index (χ2n) is 5.15. The van der Waals surface area contributed by atoms with E-state index in [0.29, 0.717) is 0 Å². The highest BCUT2D eigenvalue weighted by atomic mass is 32.2. The molecule has 8 heteroatoms.